The van der Waals surface area contributed by atoms with Crippen molar-refractivity contribution in [2.45, 2.75) is 86.0 Å². The minimum absolute atomic E-state index is 0.786. The lowest BCUT2D eigenvalue weighted by atomic mass is 9.92. The minimum Gasteiger partial charge on any atom is -0.298 e. The molecule has 0 aromatic carbocycles. The summed E-state index contributed by atoms with van der Waals surface area (Å²) >= 11 is 0. The van der Waals surface area contributed by atoms with E-state index in [0.717, 1.165) is 36.0 Å². The summed E-state index contributed by atoms with van der Waals surface area (Å²) in [6.07, 6.45) is 13.5. The van der Waals surface area contributed by atoms with Crippen molar-refractivity contribution in [1.29, 1.82) is 0 Å². The molecule has 2 unspecified atom stereocenters. The van der Waals surface area contributed by atoms with E-state index in [1.807, 2.05) is 6.92 Å². The Bertz CT molecular complexity index is 265. The van der Waals surface area contributed by atoms with Crippen molar-refractivity contribution < 1.29 is 4.79 Å². The average Bonchev–Trinajstić information content (AvgIpc) is 2.38. The Kier molecular flexibility index (Phi) is 11.8. The van der Waals surface area contributed by atoms with E-state index in [0.29, 0.717) is 0 Å². The number of rotatable bonds is 12. The lowest BCUT2D eigenvalue weighted by Crippen LogP contribution is -2.00. The van der Waals surface area contributed by atoms with Crippen LogP contribution in [-0.4, -0.2) is 6.29 Å². The molecule has 1 nitrogen and oxygen atoms in total. The molecule has 0 aliphatic rings. The second-order valence-electron chi connectivity index (χ2n) is 7.11. The fraction of sp³-hybridized carbons (Fsp3) is 0.842. The third-order valence-electron chi connectivity index (χ3n) is 4.18. The lowest BCUT2D eigenvalue weighted by Gasteiger charge is -2.14. The Hall–Kier alpha value is -0.590. The molecule has 0 spiro atoms. The molecule has 0 radical (unpaired) electrons. The first kappa shape index (κ1) is 19.4. The monoisotopic (exact) mass is 280 g/mol. The van der Waals surface area contributed by atoms with Gasteiger partial charge in [-0.25, -0.2) is 0 Å². The molecule has 1 heteroatoms. The maximum atomic E-state index is 10.5. The van der Waals surface area contributed by atoms with Gasteiger partial charge in [-0.15, -0.1) is 0 Å². The number of hydrogen-bond donors (Lipinski definition) is 0. The Balaban J connectivity index is 3.55. The molecule has 0 aliphatic heterocycles. The van der Waals surface area contributed by atoms with Gasteiger partial charge in [0.1, 0.15) is 6.29 Å². The highest BCUT2D eigenvalue weighted by atomic mass is 16.1. The Morgan fingerprint density at radius 2 is 1.35 bits per heavy atom. The summed E-state index contributed by atoms with van der Waals surface area (Å²) in [7, 11) is 0. The molecule has 0 amide bonds. The minimum atomic E-state index is 0.786. The normalized spacial score (nSPS) is 15.4. The first-order chi connectivity index (χ1) is 9.45. The van der Waals surface area contributed by atoms with Crippen molar-refractivity contribution in [3.8, 4) is 0 Å². The second kappa shape index (κ2) is 12.2. The number of allylic oxidation sites excluding steroid dienone is 2. The van der Waals surface area contributed by atoms with E-state index in [4.69, 9.17) is 0 Å². The van der Waals surface area contributed by atoms with Crippen LogP contribution in [0.15, 0.2) is 11.6 Å². The summed E-state index contributed by atoms with van der Waals surface area (Å²) in [5.74, 6) is 2.52. The summed E-state index contributed by atoms with van der Waals surface area (Å²) in [6, 6.07) is 0. The van der Waals surface area contributed by atoms with Crippen molar-refractivity contribution in [2.75, 3.05) is 0 Å². The summed E-state index contributed by atoms with van der Waals surface area (Å²) in [5.41, 5.74) is 0.871. The number of carbonyl (C=O) groups is 1. The van der Waals surface area contributed by atoms with Gasteiger partial charge in [-0.1, -0.05) is 72.3 Å². The first-order valence-corrected chi connectivity index (χ1v) is 8.57. The molecule has 0 saturated carbocycles. The summed E-state index contributed by atoms with van der Waals surface area (Å²) < 4.78 is 0. The molecule has 0 aromatic rings. The van der Waals surface area contributed by atoms with Crippen molar-refractivity contribution >= 4 is 6.29 Å². The second-order valence-corrected chi connectivity index (χ2v) is 7.11. The van der Waals surface area contributed by atoms with Gasteiger partial charge in [-0.05, 0) is 43.1 Å². The Labute approximate surface area is 127 Å². The van der Waals surface area contributed by atoms with E-state index >= 15 is 0 Å². The largest absolute Gasteiger partial charge is 0.298 e. The van der Waals surface area contributed by atoms with Crippen LogP contribution >= 0.6 is 0 Å². The van der Waals surface area contributed by atoms with Gasteiger partial charge in [0.25, 0.3) is 0 Å². The van der Waals surface area contributed by atoms with E-state index in [1.165, 1.54) is 44.9 Å². The quantitative estimate of drug-likeness (QED) is 0.308. The molecule has 0 bridgehead atoms. The smallest absolute Gasteiger partial charge is 0.145 e. The van der Waals surface area contributed by atoms with Crippen LogP contribution in [0.5, 0.6) is 0 Å². The van der Waals surface area contributed by atoms with Gasteiger partial charge in [0, 0.05) is 0 Å². The van der Waals surface area contributed by atoms with E-state index in [-0.39, 0.29) is 0 Å². The van der Waals surface area contributed by atoms with Crippen LogP contribution in [0.1, 0.15) is 86.0 Å². The van der Waals surface area contributed by atoms with E-state index in [9.17, 15) is 4.79 Å². The zero-order valence-corrected chi connectivity index (χ0v) is 14.5. The van der Waals surface area contributed by atoms with Gasteiger partial charge in [-0.3, -0.25) is 4.79 Å². The first-order valence-electron chi connectivity index (χ1n) is 8.57. The molecule has 0 aromatic heterocycles. The third kappa shape index (κ3) is 12.4. The molecule has 0 heterocycles. The summed E-state index contributed by atoms with van der Waals surface area (Å²) in [4.78, 5) is 10.5. The van der Waals surface area contributed by atoms with Crippen LogP contribution in [-0.2, 0) is 4.79 Å². The fourth-order valence-corrected chi connectivity index (χ4v) is 2.62. The molecule has 118 valence electrons. The van der Waals surface area contributed by atoms with Gasteiger partial charge in [0.2, 0.25) is 0 Å². The molecule has 20 heavy (non-hydrogen) atoms. The van der Waals surface area contributed by atoms with Crippen molar-refractivity contribution in [2.24, 2.45) is 17.8 Å². The number of aldehydes is 1. The predicted octanol–water partition coefficient (Wildman–Crippen LogP) is 6.18. The molecule has 0 aliphatic carbocycles. The molecule has 0 fully saturated rings. The van der Waals surface area contributed by atoms with Gasteiger partial charge in [-0.2, -0.15) is 0 Å². The van der Waals surface area contributed by atoms with Crippen molar-refractivity contribution in [3.05, 3.63) is 11.6 Å². The molecular formula is C19H36O. The zero-order valence-electron chi connectivity index (χ0n) is 14.5. The van der Waals surface area contributed by atoms with Crippen LogP contribution in [0, 0.1) is 17.8 Å². The highest BCUT2D eigenvalue weighted by molar-refractivity contribution is 5.71. The van der Waals surface area contributed by atoms with Gasteiger partial charge in [0.15, 0.2) is 0 Å². The van der Waals surface area contributed by atoms with Crippen LogP contribution < -0.4 is 0 Å². The van der Waals surface area contributed by atoms with Crippen LogP contribution in [0.3, 0.4) is 0 Å². The molecule has 2 atom stereocenters. The molecule has 0 rings (SSSR count). The molecular weight excluding hydrogens is 244 g/mol. The number of carbonyl (C=O) groups excluding carboxylic acids is 1. The van der Waals surface area contributed by atoms with Gasteiger partial charge >= 0.3 is 0 Å². The van der Waals surface area contributed by atoms with E-state index in [1.54, 1.807) is 0 Å². The highest BCUT2D eigenvalue weighted by Crippen LogP contribution is 2.21. The SMILES string of the molecule is C/C(C=O)=C\CCC(C)CCCC(C)CCCC(C)C. The topological polar surface area (TPSA) is 17.1 Å². The van der Waals surface area contributed by atoms with Gasteiger partial charge in [0.05, 0.1) is 0 Å². The maximum Gasteiger partial charge on any atom is 0.145 e. The van der Waals surface area contributed by atoms with Crippen LogP contribution in [0.4, 0.5) is 0 Å². The molecule has 0 N–H and O–H groups in total. The Morgan fingerprint density at radius 3 is 1.85 bits per heavy atom. The van der Waals surface area contributed by atoms with E-state index < -0.39 is 0 Å². The maximum absolute atomic E-state index is 10.5. The van der Waals surface area contributed by atoms with Crippen molar-refractivity contribution in [3.63, 3.8) is 0 Å². The van der Waals surface area contributed by atoms with Gasteiger partial charge < -0.3 is 0 Å². The lowest BCUT2D eigenvalue weighted by molar-refractivity contribution is -0.104. The summed E-state index contributed by atoms with van der Waals surface area (Å²) in [6.45, 7) is 11.3. The predicted molar refractivity (Wildman–Crippen MR) is 89.9 cm³/mol. The summed E-state index contributed by atoms with van der Waals surface area (Å²) in [5, 5.41) is 0. The number of hydrogen-bond acceptors (Lipinski definition) is 1. The van der Waals surface area contributed by atoms with Crippen molar-refractivity contribution in [1.82, 2.24) is 0 Å². The van der Waals surface area contributed by atoms with Crippen LogP contribution in [0.2, 0.25) is 0 Å². The van der Waals surface area contributed by atoms with Crippen LogP contribution in [0.25, 0.3) is 0 Å². The third-order valence-corrected chi connectivity index (χ3v) is 4.18. The van der Waals surface area contributed by atoms with E-state index in [2.05, 4.69) is 33.8 Å². The Morgan fingerprint density at radius 1 is 0.850 bits per heavy atom. The zero-order chi connectivity index (χ0) is 15.4. The fourth-order valence-electron chi connectivity index (χ4n) is 2.62. The standard InChI is InChI=1S/C19H36O/c1-16(2)9-6-10-17(3)11-7-12-18(4)13-8-14-19(5)15-20/h14-18H,6-13H2,1-5H3/b19-14+. The molecule has 0 saturated heterocycles. The highest BCUT2D eigenvalue weighted by Gasteiger charge is 2.06. The average molecular weight is 280 g/mol.